The van der Waals surface area contributed by atoms with E-state index in [1.807, 2.05) is 16.9 Å². The van der Waals surface area contributed by atoms with Crippen LogP contribution < -0.4 is 5.32 Å². The van der Waals surface area contributed by atoms with Crippen LogP contribution in [0.5, 0.6) is 0 Å². The van der Waals surface area contributed by atoms with Crippen molar-refractivity contribution in [2.75, 3.05) is 39.8 Å². The average Bonchev–Trinajstić information content (AvgIpc) is 2.91. The summed E-state index contributed by atoms with van der Waals surface area (Å²) in [6.07, 6.45) is 4.62. The highest BCUT2D eigenvalue weighted by molar-refractivity contribution is 5.78. The highest BCUT2D eigenvalue weighted by Gasteiger charge is 2.22. The van der Waals surface area contributed by atoms with Crippen molar-refractivity contribution < 1.29 is 4.79 Å². The van der Waals surface area contributed by atoms with Gasteiger partial charge in [0.15, 0.2) is 0 Å². The normalized spacial score (nSPS) is 21.0. The summed E-state index contributed by atoms with van der Waals surface area (Å²) < 4.78 is 1.88. The molecule has 1 atom stereocenters. The van der Waals surface area contributed by atoms with Gasteiger partial charge < -0.3 is 10.2 Å². The molecule has 1 aliphatic rings. The molecule has 2 heterocycles. The zero-order chi connectivity index (χ0) is 14.4. The monoisotopic (exact) mass is 279 g/mol. The number of likely N-dealkylation sites (N-methyl/N-ethyl adjacent to an activating group) is 1. The Balaban J connectivity index is 1.60. The quantitative estimate of drug-likeness (QED) is 0.746. The minimum absolute atomic E-state index is 0.127. The Kier molecular flexibility index (Phi) is 5.55. The first kappa shape index (κ1) is 15.0. The molecule has 2 rings (SSSR count). The Labute approximate surface area is 120 Å². The van der Waals surface area contributed by atoms with E-state index in [0.29, 0.717) is 19.1 Å². The van der Waals surface area contributed by atoms with Crippen LogP contribution in [0.25, 0.3) is 0 Å². The van der Waals surface area contributed by atoms with Crippen LogP contribution in [-0.4, -0.2) is 71.3 Å². The fraction of sp³-hybridized carbons (Fsp3) is 0.714. The Morgan fingerprint density at radius 2 is 2.30 bits per heavy atom. The molecule has 1 aliphatic heterocycles. The minimum atomic E-state index is 0.127. The van der Waals surface area contributed by atoms with Gasteiger partial charge in [-0.25, -0.2) is 0 Å². The summed E-state index contributed by atoms with van der Waals surface area (Å²) in [5, 5.41) is 7.12. The van der Waals surface area contributed by atoms with Crippen LogP contribution in [0.4, 0.5) is 0 Å². The maximum absolute atomic E-state index is 11.9. The molecule has 0 spiro atoms. The van der Waals surface area contributed by atoms with E-state index in [1.165, 1.54) is 0 Å². The third kappa shape index (κ3) is 4.61. The molecule has 1 aromatic rings. The molecule has 1 unspecified atom stereocenters. The molecule has 0 bridgehead atoms. The number of piperazine rings is 1. The molecule has 6 heteroatoms. The third-order valence-electron chi connectivity index (χ3n) is 3.76. The minimum Gasteiger partial charge on any atom is -0.355 e. The Bertz CT molecular complexity index is 406. The van der Waals surface area contributed by atoms with Gasteiger partial charge in [0.1, 0.15) is 0 Å². The van der Waals surface area contributed by atoms with E-state index in [1.54, 1.807) is 6.20 Å². The number of nitrogens with zero attached hydrogens (tertiary/aromatic N) is 4. The lowest BCUT2D eigenvalue weighted by atomic mass is 10.2. The van der Waals surface area contributed by atoms with Crippen LogP contribution in [-0.2, 0) is 11.3 Å². The molecule has 112 valence electrons. The third-order valence-corrected chi connectivity index (χ3v) is 3.76. The molecule has 1 aromatic heterocycles. The van der Waals surface area contributed by atoms with Gasteiger partial charge in [-0.2, -0.15) is 5.10 Å². The van der Waals surface area contributed by atoms with Gasteiger partial charge >= 0.3 is 0 Å². The fourth-order valence-electron chi connectivity index (χ4n) is 2.55. The van der Waals surface area contributed by atoms with Crippen molar-refractivity contribution >= 4 is 5.91 Å². The maximum atomic E-state index is 11.9. The Morgan fingerprint density at radius 3 is 3.00 bits per heavy atom. The molecule has 0 aromatic carbocycles. The van der Waals surface area contributed by atoms with Gasteiger partial charge in [-0.3, -0.25) is 14.4 Å². The average molecular weight is 279 g/mol. The highest BCUT2D eigenvalue weighted by atomic mass is 16.2. The highest BCUT2D eigenvalue weighted by Crippen LogP contribution is 2.06. The molecule has 0 radical (unpaired) electrons. The van der Waals surface area contributed by atoms with E-state index in [0.717, 1.165) is 32.6 Å². The number of aromatic nitrogens is 2. The molecule has 1 saturated heterocycles. The van der Waals surface area contributed by atoms with Crippen molar-refractivity contribution in [3.63, 3.8) is 0 Å². The number of carbonyl (C=O) groups is 1. The van der Waals surface area contributed by atoms with E-state index in [9.17, 15) is 4.79 Å². The van der Waals surface area contributed by atoms with E-state index in [-0.39, 0.29) is 5.91 Å². The molecular formula is C14H25N5O. The predicted molar refractivity (Wildman–Crippen MR) is 78.4 cm³/mol. The zero-order valence-electron chi connectivity index (χ0n) is 12.5. The number of aryl methyl sites for hydroxylation is 1. The Morgan fingerprint density at radius 1 is 1.45 bits per heavy atom. The smallest absolute Gasteiger partial charge is 0.234 e. The first-order valence-electron chi connectivity index (χ1n) is 7.32. The number of nitrogens with one attached hydrogen (secondary N) is 1. The molecular weight excluding hydrogens is 254 g/mol. The molecule has 20 heavy (non-hydrogen) atoms. The van der Waals surface area contributed by atoms with Crippen molar-refractivity contribution in [1.29, 1.82) is 0 Å². The van der Waals surface area contributed by atoms with Gasteiger partial charge in [-0.15, -0.1) is 0 Å². The lowest BCUT2D eigenvalue weighted by Gasteiger charge is -2.37. The molecule has 0 aliphatic carbocycles. The number of hydrogen-bond acceptors (Lipinski definition) is 4. The standard InChI is InChI=1S/C14H25N5O/c1-13-11-17(2)9-10-18(13)12-14(20)15-5-3-7-19-8-4-6-16-19/h4,6,8,13H,3,5,7,9-12H2,1-2H3,(H,15,20). The first-order valence-corrected chi connectivity index (χ1v) is 7.32. The number of rotatable bonds is 6. The van der Waals surface area contributed by atoms with Crippen LogP contribution in [0.2, 0.25) is 0 Å². The second-order valence-electron chi connectivity index (χ2n) is 5.55. The van der Waals surface area contributed by atoms with E-state index < -0.39 is 0 Å². The Hall–Kier alpha value is -1.40. The summed E-state index contributed by atoms with van der Waals surface area (Å²) >= 11 is 0. The summed E-state index contributed by atoms with van der Waals surface area (Å²) in [6, 6.07) is 2.36. The second-order valence-corrected chi connectivity index (χ2v) is 5.55. The first-order chi connectivity index (χ1) is 9.65. The topological polar surface area (TPSA) is 53.4 Å². The van der Waals surface area contributed by atoms with Crippen molar-refractivity contribution in [2.45, 2.75) is 25.9 Å². The summed E-state index contributed by atoms with van der Waals surface area (Å²) in [7, 11) is 2.13. The van der Waals surface area contributed by atoms with Crippen LogP contribution in [0.1, 0.15) is 13.3 Å². The number of amides is 1. The van der Waals surface area contributed by atoms with Gasteiger partial charge in [-0.1, -0.05) is 0 Å². The van der Waals surface area contributed by atoms with Gasteiger partial charge in [0.05, 0.1) is 6.54 Å². The summed E-state index contributed by atoms with van der Waals surface area (Å²) in [4.78, 5) is 16.5. The molecule has 1 N–H and O–H groups in total. The molecule has 1 fully saturated rings. The van der Waals surface area contributed by atoms with Gasteiger partial charge in [0, 0.05) is 51.2 Å². The van der Waals surface area contributed by atoms with Gasteiger partial charge in [-0.05, 0) is 26.5 Å². The van der Waals surface area contributed by atoms with Crippen molar-refractivity contribution in [3.05, 3.63) is 18.5 Å². The lowest BCUT2D eigenvalue weighted by Crippen LogP contribution is -2.53. The summed E-state index contributed by atoms with van der Waals surface area (Å²) in [5.74, 6) is 0.127. The molecule has 6 nitrogen and oxygen atoms in total. The van der Waals surface area contributed by atoms with E-state index in [2.05, 4.69) is 34.2 Å². The van der Waals surface area contributed by atoms with Crippen molar-refractivity contribution in [1.82, 2.24) is 24.9 Å². The summed E-state index contributed by atoms with van der Waals surface area (Å²) in [5.41, 5.74) is 0. The lowest BCUT2D eigenvalue weighted by molar-refractivity contribution is -0.123. The maximum Gasteiger partial charge on any atom is 0.234 e. The molecule has 1 amide bonds. The summed E-state index contributed by atoms with van der Waals surface area (Å²) in [6.45, 7) is 7.29. The fourth-order valence-corrected chi connectivity index (χ4v) is 2.55. The van der Waals surface area contributed by atoms with E-state index in [4.69, 9.17) is 0 Å². The molecule has 0 saturated carbocycles. The van der Waals surface area contributed by atoms with Crippen molar-refractivity contribution in [2.24, 2.45) is 0 Å². The van der Waals surface area contributed by atoms with Crippen LogP contribution in [0.3, 0.4) is 0 Å². The van der Waals surface area contributed by atoms with Gasteiger partial charge in [0.25, 0.3) is 0 Å². The van der Waals surface area contributed by atoms with Crippen molar-refractivity contribution in [3.8, 4) is 0 Å². The van der Waals surface area contributed by atoms with Crippen LogP contribution in [0.15, 0.2) is 18.5 Å². The van der Waals surface area contributed by atoms with Gasteiger partial charge in [0.2, 0.25) is 5.91 Å². The largest absolute Gasteiger partial charge is 0.355 e. The van der Waals surface area contributed by atoms with Crippen LogP contribution in [0, 0.1) is 0 Å². The predicted octanol–water partition coefficient (Wildman–Crippen LogP) is 0.0253. The zero-order valence-corrected chi connectivity index (χ0v) is 12.5. The van der Waals surface area contributed by atoms with E-state index >= 15 is 0 Å². The van der Waals surface area contributed by atoms with Crippen LogP contribution >= 0.6 is 0 Å². The number of carbonyl (C=O) groups excluding carboxylic acids is 1. The second kappa shape index (κ2) is 7.40. The SMILES string of the molecule is CC1CN(C)CCN1CC(=O)NCCCn1cccn1. The number of hydrogen-bond donors (Lipinski definition) is 1.